The van der Waals surface area contributed by atoms with Gasteiger partial charge in [0.15, 0.2) is 0 Å². The smallest absolute Gasteiger partial charge is 0.126 e. The molecule has 0 aliphatic carbocycles. The topological polar surface area (TPSA) is 12.0 Å². The van der Waals surface area contributed by atoms with Gasteiger partial charge >= 0.3 is 0 Å². The third kappa shape index (κ3) is 2.62. The number of nitrogens with one attached hydrogen (secondary N) is 1. The van der Waals surface area contributed by atoms with Crippen molar-refractivity contribution >= 4 is 33.0 Å². The molecule has 0 amide bonds. The van der Waals surface area contributed by atoms with Gasteiger partial charge < -0.3 is 5.32 Å². The summed E-state index contributed by atoms with van der Waals surface area (Å²) in [5.41, 5.74) is 1.61. The standard InChI is InChI=1S/C12H11BrFNS/c1-8-6-9(2-3-11(8)14)15-7-12-10(13)4-5-16-12/h2-6,15H,7H2,1H3. The Labute approximate surface area is 106 Å². The third-order valence-electron chi connectivity index (χ3n) is 2.30. The molecule has 0 fully saturated rings. The number of hydrogen-bond donors (Lipinski definition) is 1. The molecule has 84 valence electrons. The molecule has 0 unspecified atom stereocenters. The largest absolute Gasteiger partial charge is 0.380 e. The predicted molar refractivity (Wildman–Crippen MR) is 70.5 cm³/mol. The lowest BCUT2D eigenvalue weighted by Gasteiger charge is -2.06. The van der Waals surface area contributed by atoms with Crippen molar-refractivity contribution in [3.63, 3.8) is 0 Å². The third-order valence-corrected chi connectivity index (χ3v) is 4.23. The predicted octanol–water partition coefficient (Wildman–Crippen LogP) is 4.57. The van der Waals surface area contributed by atoms with Gasteiger partial charge in [-0.25, -0.2) is 4.39 Å². The first-order chi connectivity index (χ1) is 7.66. The molecule has 0 bridgehead atoms. The van der Waals surface area contributed by atoms with Gasteiger partial charge in [-0.2, -0.15) is 0 Å². The zero-order valence-corrected chi connectivity index (χ0v) is 11.2. The van der Waals surface area contributed by atoms with Crippen LogP contribution in [0.15, 0.2) is 34.1 Å². The molecule has 0 aliphatic rings. The number of aryl methyl sites for hydroxylation is 1. The Bertz CT molecular complexity index is 496. The van der Waals surface area contributed by atoms with Crippen molar-refractivity contribution in [2.45, 2.75) is 13.5 Å². The maximum Gasteiger partial charge on any atom is 0.126 e. The van der Waals surface area contributed by atoms with Crippen LogP contribution in [-0.4, -0.2) is 0 Å². The van der Waals surface area contributed by atoms with Crippen LogP contribution in [0, 0.1) is 12.7 Å². The summed E-state index contributed by atoms with van der Waals surface area (Å²) in [6.07, 6.45) is 0. The van der Waals surface area contributed by atoms with E-state index in [1.54, 1.807) is 24.3 Å². The van der Waals surface area contributed by atoms with Crippen molar-refractivity contribution in [1.82, 2.24) is 0 Å². The average molecular weight is 300 g/mol. The average Bonchev–Trinajstić information content (AvgIpc) is 2.66. The molecule has 4 heteroatoms. The molecule has 1 nitrogen and oxygen atoms in total. The molecule has 0 saturated heterocycles. The molecule has 0 atom stereocenters. The lowest BCUT2D eigenvalue weighted by Crippen LogP contribution is -1.98. The summed E-state index contributed by atoms with van der Waals surface area (Å²) in [4.78, 5) is 1.24. The summed E-state index contributed by atoms with van der Waals surface area (Å²) in [6.45, 7) is 2.52. The molecule has 0 spiro atoms. The first kappa shape index (κ1) is 11.6. The lowest BCUT2D eigenvalue weighted by molar-refractivity contribution is 0.618. The summed E-state index contributed by atoms with van der Waals surface area (Å²) in [6, 6.07) is 7.08. The second-order valence-corrected chi connectivity index (χ2v) is 5.36. The van der Waals surface area contributed by atoms with Crippen molar-refractivity contribution in [1.29, 1.82) is 0 Å². The van der Waals surface area contributed by atoms with E-state index in [1.165, 1.54) is 10.9 Å². The van der Waals surface area contributed by atoms with Crippen molar-refractivity contribution < 1.29 is 4.39 Å². The summed E-state index contributed by atoms with van der Waals surface area (Å²) >= 11 is 5.17. The Morgan fingerprint density at radius 2 is 2.19 bits per heavy atom. The van der Waals surface area contributed by atoms with Gasteiger partial charge in [0, 0.05) is 15.0 Å². The molecule has 1 aromatic heterocycles. The summed E-state index contributed by atoms with van der Waals surface area (Å²) < 4.78 is 14.2. The van der Waals surface area contributed by atoms with Crippen molar-refractivity contribution in [2.24, 2.45) is 0 Å². The second-order valence-electron chi connectivity index (χ2n) is 3.51. The maximum atomic E-state index is 13.0. The van der Waals surface area contributed by atoms with E-state index in [0.29, 0.717) is 5.56 Å². The van der Waals surface area contributed by atoms with Crippen LogP contribution in [-0.2, 0) is 6.54 Å². The minimum atomic E-state index is -0.164. The monoisotopic (exact) mass is 299 g/mol. The van der Waals surface area contributed by atoms with Gasteiger partial charge in [0.25, 0.3) is 0 Å². The molecule has 0 aliphatic heterocycles. The van der Waals surface area contributed by atoms with Gasteiger partial charge in [0.1, 0.15) is 5.82 Å². The highest BCUT2D eigenvalue weighted by Gasteiger charge is 2.02. The van der Waals surface area contributed by atoms with E-state index in [1.807, 2.05) is 17.5 Å². The molecule has 2 rings (SSSR count). The van der Waals surface area contributed by atoms with Gasteiger partial charge in [-0.1, -0.05) is 0 Å². The minimum absolute atomic E-state index is 0.164. The van der Waals surface area contributed by atoms with Crippen LogP contribution in [0.2, 0.25) is 0 Å². The van der Waals surface area contributed by atoms with Gasteiger partial charge in [-0.3, -0.25) is 0 Å². The highest BCUT2D eigenvalue weighted by molar-refractivity contribution is 9.10. The van der Waals surface area contributed by atoms with Crippen LogP contribution in [0.5, 0.6) is 0 Å². The van der Waals surface area contributed by atoms with E-state index in [2.05, 4.69) is 21.2 Å². The quantitative estimate of drug-likeness (QED) is 0.875. The fraction of sp³-hybridized carbons (Fsp3) is 0.167. The number of anilines is 1. The molecular formula is C12H11BrFNS. The van der Waals surface area contributed by atoms with E-state index >= 15 is 0 Å². The number of benzene rings is 1. The Morgan fingerprint density at radius 3 is 2.81 bits per heavy atom. The van der Waals surface area contributed by atoms with E-state index < -0.39 is 0 Å². The minimum Gasteiger partial charge on any atom is -0.380 e. The normalized spacial score (nSPS) is 10.4. The highest BCUT2D eigenvalue weighted by Crippen LogP contribution is 2.24. The molecular weight excluding hydrogens is 289 g/mol. The van der Waals surface area contributed by atoms with Crippen LogP contribution >= 0.6 is 27.3 Å². The molecule has 0 saturated carbocycles. The summed E-state index contributed by atoms with van der Waals surface area (Å²) in [7, 11) is 0. The molecule has 16 heavy (non-hydrogen) atoms. The van der Waals surface area contributed by atoms with Crippen LogP contribution in [0.3, 0.4) is 0 Å². The highest BCUT2D eigenvalue weighted by atomic mass is 79.9. The Kier molecular flexibility index (Phi) is 3.61. The zero-order chi connectivity index (χ0) is 11.5. The molecule has 1 N–H and O–H groups in total. The number of rotatable bonds is 3. The van der Waals surface area contributed by atoms with Gasteiger partial charge in [-0.05, 0) is 58.1 Å². The zero-order valence-electron chi connectivity index (χ0n) is 8.76. The Morgan fingerprint density at radius 1 is 1.38 bits per heavy atom. The van der Waals surface area contributed by atoms with Gasteiger partial charge in [0.05, 0.1) is 6.54 Å². The van der Waals surface area contributed by atoms with E-state index in [0.717, 1.165) is 16.7 Å². The Balaban J connectivity index is 2.05. The molecule has 0 radical (unpaired) electrons. The van der Waals surface area contributed by atoms with Gasteiger partial charge in [-0.15, -0.1) is 11.3 Å². The molecule has 1 heterocycles. The first-order valence-electron chi connectivity index (χ1n) is 4.88. The number of halogens is 2. The van der Waals surface area contributed by atoms with Crippen LogP contribution in [0.1, 0.15) is 10.4 Å². The fourth-order valence-corrected chi connectivity index (χ4v) is 2.82. The van der Waals surface area contributed by atoms with E-state index in [-0.39, 0.29) is 5.82 Å². The van der Waals surface area contributed by atoms with Crippen LogP contribution < -0.4 is 5.32 Å². The van der Waals surface area contributed by atoms with Crippen LogP contribution in [0.4, 0.5) is 10.1 Å². The first-order valence-corrected chi connectivity index (χ1v) is 6.56. The van der Waals surface area contributed by atoms with Gasteiger partial charge in [0.2, 0.25) is 0 Å². The number of hydrogen-bond acceptors (Lipinski definition) is 2. The van der Waals surface area contributed by atoms with Crippen LogP contribution in [0.25, 0.3) is 0 Å². The lowest BCUT2D eigenvalue weighted by atomic mass is 10.2. The molecule has 1 aromatic carbocycles. The van der Waals surface area contributed by atoms with E-state index in [9.17, 15) is 4.39 Å². The summed E-state index contributed by atoms with van der Waals surface area (Å²) in [5.74, 6) is -0.164. The second kappa shape index (κ2) is 4.97. The fourth-order valence-electron chi connectivity index (χ4n) is 1.39. The number of thiophene rings is 1. The van der Waals surface area contributed by atoms with Crippen molar-refractivity contribution in [3.05, 3.63) is 50.4 Å². The van der Waals surface area contributed by atoms with Crippen molar-refractivity contribution in [3.8, 4) is 0 Å². The SMILES string of the molecule is Cc1cc(NCc2sccc2Br)ccc1F. The Hall–Kier alpha value is -0.870. The van der Waals surface area contributed by atoms with Crippen molar-refractivity contribution in [2.75, 3.05) is 5.32 Å². The maximum absolute atomic E-state index is 13.0. The molecule has 2 aromatic rings. The van der Waals surface area contributed by atoms with E-state index in [4.69, 9.17) is 0 Å². The summed E-state index contributed by atoms with van der Waals surface area (Å²) in [5, 5.41) is 5.31.